The number of ether oxygens (including phenoxy) is 1. The van der Waals surface area contributed by atoms with Crippen LogP contribution in [-0.4, -0.2) is 18.1 Å². The van der Waals surface area contributed by atoms with E-state index >= 15 is 0 Å². The predicted octanol–water partition coefficient (Wildman–Crippen LogP) is 2.79. The van der Waals surface area contributed by atoms with E-state index in [2.05, 4.69) is 5.32 Å². The van der Waals surface area contributed by atoms with Gasteiger partial charge in [-0.05, 0) is 44.4 Å². The number of rotatable bonds is 6. The van der Waals surface area contributed by atoms with Crippen molar-refractivity contribution in [3.8, 4) is 0 Å². The number of hydrogen-bond donors (Lipinski definition) is 1. The van der Waals surface area contributed by atoms with Gasteiger partial charge in [0, 0.05) is 18.0 Å². The van der Waals surface area contributed by atoms with Crippen molar-refractivity contribution in [2.75, 3.05) is 6.61 Å². The number of carbonyl (C=O) groups is 1. The summed E-state index contributed by atoms with van der Waals surface area (Å²) in [6.45, 7) is 8.05. The molecule has 124 valence electrons. The van der Waals surface area contributed by atoms with Crippen LogP contribution in [0.15, 0.2) is 33.5 Å². The van der Waals surface area contributed by atoms with E-state index in [-0.39, 0.29) is 5.97 Å². The van der Waals surface area contributed by atoms with Crippen LogP contribution < -0.4 is 10.9 Å². The minimum atomic E-state index is -0.832. The lowest BCUT2D eigenvalue weighted by molar-refractivity contribution is -0.149. The fourth-order valence-electron chi connectivity index (χ4n) is 2.34. The smallest absolute Gasteiger partial charge is 0.336 e. The zero-order chi connectivity index (χ0) is 17.0. The quantitative estimate of drug-likeness (QED) is 0.655. The van der Waals surface area contributed by atoms with Gasteiger partial charge in [0.15, 0.2) is 0 Å². The summed E-state index contributed by atoms with van der Waals surface area (Å²) in [5.74, 6) is -0.319. The second-order valence-electron chi connectivity index (χ2n) is 5.97. The summed E-state index contributed by atoms with van der Waals surface area (Å²) in [6, 6.07) is 7.31. The first-order valence-corrected chi connectivity index (χ1v) is 7.85. The number of hydrogen-bond acceptors (Lipinski definition) is 5. The van der Waals surface area contributed by atoms with Gasteiger partial charge < -0.3 is 9.15 Å². The van der Waals surface area contributed by atoms with Gasteiger partial charge in [0.25, 0.3) is 0 Å². The standard InChI is InChI=1S/C18H23NO4/c1-5-12-7-8-14-13(10-16(20)23-15(14)9-12)11-19-18(3,4)17(21)22-6-2/h7-10,19H,5-6,11H2,1-4H3. The van der Waals surface area contributed by atoms with Gasteiger partial charge >= 0.3 is 11.6 Å². The molecule has 5 nitrogen and oxygen atoms in total. The van der Waals surface area contributed by atoms with Gasteiger partial charge in [-0.2, -0.15) is 0 Å². The predicted molar refractivity (Wildman–Crippen MR) is 89.4 cm³/mol. The summed E-state index contributed by atoms with van der Waals surface area (Å²) in [5, 5.41) is 4.02. The lowest BCUT2D eigenvalue weighted by atomic mass is 10.0. The molecule has 0 fully saturated rings. The molecule has 0 aliphatic rings. The third-order valence-electron chi connectivity index (χ3n) is 3.81. The molecule has 0 atom stereocenters. The van der Waals surface area contributed by atoms with Gasteiger partial charge in [-0.15, -0.1) is 0 Å². The van der Waals surface area contributed by atoms with E-state index in [0.29, 0.717) is 18.7 Å². The van der Waals surface area contributed by atoms with Crippen molar-refractivity contribution >= 4 is 16.9 Å². The Hall–Kier alpha value is -2.14. The molecule has 0 amide bonds. The summed E-state index contributed by atoms with van der Waals surface area (Å²) in [5.41, 5.74) is 1.26. The molecule has 1 N–H and O–H groups in total. The van der Waals surface area contributed by atoms with Crippen LogP contribution in [0.2, 0.25) is 0 Å². The average Bonchev–Trinajstić information content (AvgIpc) is 2.52. The Kier molecular flexibility index (Phi) is 5.21. The van der Waals surface area contributed by atoms with Crippen LogP contribution >= 0.6 is 0 Å². The van der Waals surface area contributed by atoms with E-state index in [9.17, 15) is 9.59 Å². The number of nitrogens with one attached hydrogen (secondary N) is 1. The lowest BCUT2D eigenvalue weighted by Gasteiger charge is -2.24. The molecule has 0 aliphatic carbocycles. The third-order valence-corrected chi connectivity index (χ3v) is 3.81. The Balaban J connectivity index is 2.29. The molecule has 0 saturated carbocycles. The Bertz CT molecular complexity index is 761. The van der Waals surface area contributed by atoms with Crippen LogP contribution in [0.3, 0.4) is 0 Å². The number of esters is 1. The molecule has 2 rings (SSSR count). The molecule has 0 spiro atoms. The fraction of sp³-hybridized carbons (Fsp3) is 0.444. The summed E-state index contributed by atoms with van der Waals surface area (Å²) in [6.07, 6.45) is 0.873. The Morgan fingerprint density at radius 1 is 1.26 bits per heavy atom. The molecule has 0 aliphatic heterocycles. The van der Waals surface area contributed by atoms with E-state index in [4.69, 9.17) is 9.15 Å². The lowest BCUT2D eigenvalue weighted by Crippen LogP contribution is -2.47. The third kappa shape index (κ3) is 3.99. The fourth-order valence-corrected chi connectivity index (χ4v) is 2.34. The summed E-state index contributed by atoms with van der Waals surface area (Å²) in [7, 11) is 0. The molecular formula is C18H23NO4. The Morgan fingerprint density at radius 3 is 2.65 bits per heavy atom. The molecule has 1 aromatic carbocycles. The van der Waals surface area contributed by atoms with Crippen LogP contribution in [0, 0.1) is 0 Å². The molecule has 0 bridgehead atoms. The SMILES string of the molecule is CCOC(=O)C(C)(C)NCc1cc(=O)oc2cc(CC)ccc12. The molecule has 0 radical (unpaired) electrons. The monoisotopic (exact) mass is 317 g/mol. The van der Waals surface area contributed by atoms with Gasteiger partial charge in [-0.3, -0.25) is 10.1 Å². The number of carbonyl (C=O) groups excluding carboxylic acids is 1. The van der Waals surface area contributed by atoms with Gasteiger partial charge in [-0.25, -0.2) is 4.79 Å². The van der Waals surface area contributed by atoms with Gasteiger partial charge in [0.2, 0.25) is 0 Å². The topological polar surface area (TPSA) is 68.5 Å². The second-order valence-corrected chi connectivity index (χ2v) is 5.97. The minimum absolute atomic E-state index is 0.319. The first kappa shape index (κ1) is 17.2. The number of benzene rings is 1. The van der Waals surface area contributed by atoms with Crippen molar-refractivity contribution in [2.24, 2.45) is 0 Å². The summed E-state index contributed by atoms with van der Waals surface area (Å²) >= 11 is 0. The number of aryl methyl sites for hydroxylation is 1. The zero-order valence-corrected chi connectivity index (χ0v) is 14.1. The van der Waals surface area contributed by atoms with Crippen molar-refractivity contribution in [1.29, 1.82) is 0 Å². The number of fused-ring (bicyclic) bond motifs is 1. The first-order chi connectivity index (χ1) is 10.9. The molecule has 0 saturated heterocycles. The Morgan fingerprint density at radius 2 is 2.00 bits per heavy atom. The molecule has 23 heavy (non-hydrogen) atoms. The van der Waals surface area contributed by atoms with Crippen molar-refractivity contribution in [3.05, 3.63) is 45.8 Å². The molecule has 0 unspecified atom stereocenters. The normalized spacial score (nSPS) is 11.7. The van der Waals surface area contributed by atoms with Crippen molar-refractivity contribution in [1.82, 2.24) is 5.32 Å². The van der Waals surface area contributed by atoms with E-state index < -0.39 is 11.2 Å². The van der Waals surface area contributed by atoms with Gasteiger partial charge in [0.1, 0.15) is 11.1 Å². The average molecular weight is 317 g/mol. The maximum Gasteiger partial charge on any atom is 0.336 e. The zero-order valence-electron chi connectivity index (χ0n) is 14.1. The van der Waals surface area contributed by atoms with Crippen LogP contribution in [0.5, 0.6) is 0 Å². The molecule has 5 heteroatoms. The van der Waals surface area contributed by atoms with E-state index in [1.54, 1.807) is 20.8 Å². The highest BCUT2D eigenvalue weighted by molar-refractivity contribution is 5.82. The highest BCUT2D eigenvalue weighted by atomic mass is 16.5. The van der Waals surface area contributed by atoms with E-state index in [1.165, 1.54) is 6.07 Å². The highest BCUT2D eigenvalue weighted by Crippen LogP contribution is 2.20. The van der Waals surface area contributed by atoms with Crippen molar-refractivity contribution in [2.45, 2.75) is 46.2 Å². The van der Waals surface area contributed by atoms with Crippen LogP contribution in [0.4, 0.5) is 0 Å². The molecular weight excluding hydrogens is 294 g/mol. The minimum Gasteiger partial charge on any atom is -0.465 e. The maximum atomic E-state index is 11.9. The maximum absolute atomic E-state index is 11.9. The summed E-state index contributed by atoms with van der Waals surface area (Å²) < 4.78 is 10.3. The largest absolute Gasteiger partial charge is 0.465 e. The van der Waals surface area contributed by atoms with Gasteiger partial charge in [0.05, 0.1) is 6.61 Å². The van der Waals surface area contributed by atoms with Crippen molar-refractivity contribution in [3.63, 3.8) is 0 Å². The van der Waals surface area contributed by atoms with E-state index in [1.807, 2.05) is 25.1 Å². The van der Waals surface area contributed by atoms with Crippen LogP contribution in [0.25, 0.3) is 11.0 Å². The molecule has 2 aromatic rings. The van der Waals surface area contributed by atoms with E-state index in [0.717, 1.165) is 22.9 Å². The van der Waals surface area contributed by atoms with Crippen LogP contribution in [-0.2, 0) is 22.5 Å². The Labute approximate surface area is 135 Å². The molecule has 1 aromatic heterocycles. The first-order valence-electron chi connectivity index (χ1n) is 7.85. The molecule has 1 heterocycles. The second kappa shape index (κ2) is 6.96. The van der Waals surface area contributed by atoms with Gasteiger partial charge in [-0.1, -0.05) is 19.1 Å². The highest BCUT2D eigenvalue weighted by Gasteiger charge is 2.28. The van der Waals surface area contributed by atoms with Crippen molar-refractivity contribution < 1.29 is 13.9 Å². The summed E-state index contributed by atoms with van der Waals surface area (Å²) in [4.78, 5) is 23.7. The van der Waals surface area contributed by atoms with Crippen LogP contribution in [0.1, 0.15) is 38.8 Å².